The van der Waals surface area contributed by atoms with Crippen LogP contribution in [0.3, 0.4) is 0 Å². The van der Waals surface area contributed by atoms with Gasteiger partial charge in [0.1, 0.15) is 0 Å². The fraction of sp³-hybridized carbons (Fsp3) is 0.632. The molecule has 1 aromatic rings. The van der Waals surface area contributed by atoms with E-state index in [4.69, 9.17) is 10.2 Å². The van der Waals surface area contributed by atoms with Gasteiger partial charge in [0.05, 0.1) is 19.3 Å². The van der Waals surface area contributed by atoms with Gasteiger partial charge >= 0.3 is 0 Å². The first-order valence-corrected chi connectivity index (χ1v) is 8.95. The lowest BCUT2D eigenvalue weighted by atomic mass is 9.91. The van der Waals surface area contributed by atoms with Crippen molar-refractivity contribution in [1.29, 1.82) is 0 Å². The van der Waals surface area contributed by atoms with E-state index in [2.05, 4.69) is 31.3 Å². The Morgan fingerprint density at radius 3 is 2.40 bits per heavy atom. The van der Waals surface area contributed by atoms with Gasteiger partial charge in [0.25, 0.3) is 5.91 Å². The highest BCUT2D eigenvalue weighted by atomic mass is 16.3. The van der Waals surface area contributed by atoms with E-state index >= 15 is 0 Å². The number of amides is 1. The van der Waals surface area contributed by atoms with Gasteiger partial charge in [0, 0.05) is 19.6 Å². The fourth-order valence-electron chi connectivity index (χ4n) is 3.11. The maximum atomic E-state index is 12.7. The molecule has 0 unspecified atom stereocenters. The van der Waals surface area contributed by atoms with E-state index in [0.717, 1.165) is 12.0 Å². The molecule has 1 aliphatic heterocycles. The molecule has 1 aromatic carbocycles. The predicted molar refractivity (Wildman–Crippen MR) is 96.1 cm³/mol. The first-order valence-electron chi connectivity index (χ1n) is 8.95. The van der Waals surface area contributed by atoms with Crippen LogP contribution in [0.5, 0.6) is 0 Å². The Hall–Kier alpha value is -1.47. The van der Waals surface area contributed by atoms with Gasteiger partial charge in [0.15, 0.2) is 5.60 Å². The zero-order valence-electron chi connectivity index (χ0n) is 15.1. The molecular formula is C19H30N2O4. The number of nitrogens with one attached hydrogen (secondary N) is 1. The average molecular weight is 350 g/mol. The normalized spacial score (nSPS) is 21.4. The van der Waals surface area contributed by atoms with Crippen molar-refractivity contribution >= 4 is 5.91 Å². The molecule has 1 heterocycles. The average Bonchev–Trinajstić information content (AvgIpc) is 2.60. The molecule has 1 fully saturated rings. The first-order chi connectivity index (χ1) is 11.9. The molecule has 1 atom stereocenters. The third kappa shape index (κ3) is 5.01. The van der Waals surface area contributed by atoms with E-state index in [1.807, 2.05) is 12.1 Å². The monoisotopic (exact) mass is 350 g/mol. The quantitative estimate of drug-likeness (QED) is 0.551. The Morgan fingerprint density at radius 2 is 1.84 bits per heavy atom. The van der Waals surface area contributed by atoms with Crippen molar-refractivity contribution in [2.45, 2.75) is 50.8 Å². The number of likely N-dealkylation sites (tertiary alicyclic amines) is 1. The zero-order valence-corrected chi connectivity index (χ0v) is 15.1. The molecule has 2 rings (SSSR count). The highest BCUT2D eigenvalue weighted by molar-refractivity contribution is 5.86. The Labute approximate surface area is 149 Å². The summed E-state index contributed by atoms with van der Waals surface area (Å²) in [5.41, 5.74) is 0.811. The second-order valence-electron chi connectivity index (χ2n) is 7.20. The minimum Gasteiger partial charge on any atom is -0.395 e. The summed E-state index contributed by atoms with van der Waals surface area (Å²) in [7, 11) is 0. The molecule has 1 amide bonds. The molecule has 0 saturated carbocycles. The number of hydrogen-bond acceptors (Lipinski definition) is 5. The predicted octanol–water partition coefficient (Wildman–Crippen LogP) is 0.606. The largest absolute Gasteiger partial charge is 0.395 e. The summed E-state index contributed by atoms with van der Waals surface area (Å²) >= 11 is 0. The summed E-state index contributed by atoms with van der Waals surface area (Å²) in [5.74, 6) is 0.168. The van der Waals surface area contributed by atoms with Crippen LogP contribution in [0.2, 0.25) is 0 Å². The molecule has 0 radical (unpaired) electrons. The van der Waals surface area contributed by atoms with E-state index in [1.165, 1.54) is 5.56 Å². The SMILES string of the molecule is CC(C)c1ccc(CN2CCC[C@](O)(CNC(CO)CO)C2=O)cc1. The summed E-state index contributed by atoms with van der Waals surface area (Å²) in [6, 6.07) is 7.69. The molecule has 140 valence electrons. The van der Waals surface area contributed by atoms with Gasteiger partial charge in [-0.05, 0) is 29.9 Å². The number of carbonyl (C=O) groups excluding carboxylic acids is 1. The summed E-state index contributed by atoms with van der Waals surface area (Å²) in [6.07, 6.45) is 1.10. The molecule has 0 aliphatic carbocycles. The van der Waals surface area contributed by atoms with Crippen molar-refractivity contribution in [2.24, 2.45) is 0 Å². The molecule has 25 heavy (non-hydrogen) atoms. The number of benzene rings is 1. The number of piperidine rings is 1. The Balaban J connectivity index is 2.00. The molecular weight excluding hydrogens is 320 g/mol. The zero-order chi connectivity index (χ0) is 18.4. The van der Waals surface area contributed by atoms with Gasteiger partial charge in [-0.3, -0.25) is 4.79 Å². The van der Waals surface area contributed by atoms with E-state index in [9.17, 15) is 9.90 Å². The van der Waals surface area contributed by atoms with E-state index in [1.54, 1.807) is 4.90 Å². The smallest absolute Gasteiger partial charge is 0.256 e. The van der Waals surface area contributed by atoms with Crippen LogP contribution < -0.4 is 5.32 Å². The maximum Gasteiger partial charge on any atom is 0.256 e. The lowest BCUT2D eigenvalue weighted by Gasteiger charge is -2.39. The molecule has 1 aliphatic rings. The highest BCUT2D eigenvalue weighted by Gasteiger charge is 2.42. The Kier molecular flexibility index (Phi) is 6.95. The van der Waals surface area contributed by atoms with Crippen LogP contribution in [0.4, 0.5) is 0 Å². The third-order valence-corrected chi connectivity index (χ3v) is 4.85. The van der Waals surface area contributed by atoms with Crippen LogP contribution >= 0.6 is 0 Å². The van der Waals surface area contributed by atoms with E-state index in [0.29, 0.717) is 25.4 Å². The van der Waals surface area contributed by atoms with Gasteiger partial charge < -0.3 is 25.5 Å². The number of nitrogens with zero attached hydrogens (tertiary/aromatic N) is 1. The van der Waals surface area contributed by atoms with Crippen molar-refractivity contribution in [2.75, 3.05) is 26.3 Å². The number of aliphatic hydroxyl groups is 3. The highest BCUT2D eigenvalue weighted by Crippen LogP contribution is 2.24. The summed E-state index contributed by atoms with van der Waals surface area (Å²) in [5, 5.41) is 31.8. The minimum atomic E-state index is -1.49. The number of carbonyl (C=O) groups is 1. The van der Waals surface area contributed by atoms with Gasteiger partial charge in [-0.1, -0.05) is 38.1 Å². The Bertz CT molecular complexity index is 557. The van der Waals surface area contributed by atoms with Crippen molar-refractivity contribution in [3.63, 3.8) is 0 Å². The van der Waals surface area contributed by atoms with Gasteiger partial charge in [-0.25, -0.2) is 0 Å². The van der Waals surface area contributed by atoms with Crippen molar-refractivity contribution in [1.82, 2.24) is 10.2 Å². The lowest BCUT2D eigenvalue weighted by molar-refractivity contribution is -0.157. The number of rotatable bonds is 8. The van der Waals surface area contributed by atoms with E-state index in [-0.39, 0.29) is 25.7 Å². The van der Waals surface area contributed by atoms with E-state index < -0.39 is 11.6 Å². The van der Waals surface area contributed by atoms with Crippen molar-refractivity contribution in [3.8, 4) is 0 Å². The first kappa shape index (κ1) is 19.8. The number of aliphatic hydroxyl groups excluding tert-OH is 2. The van der Waals surface area contributed by atoms with Crippen LogP contribution in [0.15, 0.2) is 24.3 Å². The second kappa shape index (κ2) is 8.76. The standard InChI is InChI=1S/C19H30N2O4/c1-14(2)16-6-4-15(5-7-16)10-21-9-3-8-19(25,18(21)24)13-20-17(11-22)12-23/h4-7,14,17,20,22-23,25H,3,8-13H2,1-2H3/t19-/m0/s1. The second-order valence-corrected chi connectivity index (χ2v) is 7.20. The topological polar surface area (TPSA) is 93.0 Å². The minimum absolute atomic E-state index is 0.0282. The summed E-state index contributed by atoms with van der Waals surface area (Å²) < 4.78 is 0. The molecule has 0 aromatic heterocycles. The van der Waals surface area contributed by atoms with Crippen LogP contribution in [0, 0.1) is 0 Å². The molecule has 0 bridgehead atoms. The third-order valence-electron chi connectivity index (χ3n) is 4.85. The molecule has 0 spiro atoms. The fourth-order valence-corrected chi connectivity index (χ4v) is 3.11. The van der Waals surface area contributed by atoms with Crippen LogP contribution in [0.25, 0.3) is 0 Å². The maximum absolute atomic E-state index is 12.7. The summed E-state index contributed by atoms with van der Waals surface area (Å²) in [6.45, 7) is 4.92. The Morgan fingerprint density at radius 1 is 1.20 bits per heavy atom. The molecule has 4 N–H and O–H groups in total. The molecule has 1 saturated heterocycles. The van der Waals surface area contributed by atoms with Crippen LogP contribution in [-0.2, 0) is 11.3 Å². The van der Waals surface area contributed by atoms with Crippen LogP contribution in [0.1, 0.15) is 43.7 Å². The van der Waals surface area contributed by atoms with Gasteiger partial charge in [0.2, 0.25) is 0 Å². The van der Waals surface area contributed by atoms with Crippen LogP contribution in [-0.4, -0.2) is 64.1 Å². The lowest BCUT2D eigenvalue weighted by Crippen LogP contribution is -2.59. The van der Waals surface area contributed by atoms with Gasteiger partial charge in [-0.2, -0.15) is 0 Å². The number of hydrogen-bond donors (Lipinski definition) is 4. The van der Waals surface area contributed by atoms with Crippen molar-refractivity contribution in [3.05, 3.63) is 35.4 Å². The van der Waals surface area contributed by atoms with Crippen molar-refractivity contribution < 1.29 is 20.1 Å². The summed E-state index contributed by atoms with van der Waals surface area (Å²) in [4.78, 5) is 14.4. The van der Waals surface area contributed by atoms with Gasteiger partial charge in [-0.15, -0.1) is 0 Å². The molecule has 6 heteroatoms. The molecule has 6 nitrogen and oxygen atoms in total.